The second-order valence-corrected chi connectivity index (χ2v) is 3.93. The fourth-order valence-electron chi connectivity index (χ4n) is 1.51. The highest BCUT2D eigenvalue weighted by Crippen LogP contribution is 2.15. The van der Waals surface area contributed by atoms with Gasteiger partial charge in [0.05, 0.1) is 6.04 Å². The molecule has 1 amide bonds. The Kier molecular flexibility index (Phi) is 4.50. The van der Waals surface area contributed by atoms with Gasteiger partial charge in [-0.2, -0.15) is 0 Å². The molecule has 0 aliphatic rings. The molecule has 0 aliphatic heterocycles. The van der Waals surface area contributed by atoms with Crippen molar-refractivity contribution in [2.75, 3.05) is 11.9 Å². The summed E-state index contributed by atoms with van der Waals surface area (Å²) in [5.74, 6) is -0.0354. The van der Waals surface area contributed by atoms with E-state index < -0.39 is 6.04 Å². The Hall–Kier alpha value is -1.35. The lowest BCUT2D eigenvalue weighted by molar-refractivity contribution is -0.119. The summed E-state index contributed by atoms with van der Waals surface area (Å²) < 4.78 is 0. The van der Waals surface area contributed by atoms with Gasteiger partial charge < -0.3 is 10.6 Å². The van der Waals surface area contributed by atoms with E-state index in [1.54, 1.807) is 11.9 Å². The zero-order valence-corrected chi connectivity index (χ0v) is 10.2. The second kappa shape index (κ2) is 5.66. The third-order valence-corrected chi connectivity index (χ3v) is 2.82. The summed E-state index contributed by atoms with van der Waals surface area (Å²) in [5, 5.41) is 0. The number of hydrogen-bond acceptors (Lipinski definition) is 2. The van der Waals surface area contributed by atoms with Gasteiger partial charge in [-0.3, -0.25) is 4.79 Å². The van der Waals surface area contributed by atoms with Crippen LogP contribution in [0.5, 0.6) is 0 Å². The highest BCUT2D eigenvalue weighted by molar-refractivity contribution is 5.96. The molecule has 16 heavy (non-hydrogen) atoms. The standard InChI is InChI=1S/C13H20N2O/c1-4-10-6-8-11(9-7-10)15(3)13(16)12(14)5-2/h6-9,12H,4-5,14H2,1-3H3. The lowest BCUT2D eigenvalue weighted by Gasteiger charge is -2.20. The number of rotatable bonds is 4. The summed E-state index contributed by atoms with van der Waals surface area (Å²) in [7, 11) is 1.76. The average molecular weight is 220 g/mol. The number of carbonyl (C=O) groups excluding carboxylic acids is 1. The van der Waals surface area contributed by atoms with Crippen molar-refractivity contribution in [3.05, 3.63) is 29.8 Å². The Balaban J connectivity index is 2.79. The second-order valence-electron chi connectivity index (χ2n) is 3.93. The molecular formula is C13H20N2O. The molecule has 1 atom stereocenters. The molecule has 1 unspecified atom stereocenters. The van der Waals surface area contributed by atoms with Crippen LogP contribution in [0.4, 0.5) is 5.69 Å². The molecule has 3 heteroatoms. The van der Waals surface area contributed by atoms with Gasteiger partial charge in [0.1, 0.15) is 0 Å². The molecule has 0 heterocycles. The molecule has 1 aromatic rings. The molecule has 1 rings (SSSR count). The highest BCUT2D eigenvalue weighted by Gasteiger charge is 2.16. The van der Waals surface area contributed by atoms with Crippen molar-refractivity contribution in [2.24, 2.45) is 5.73 Å². The van der Waals surface area contributed by atoms with Gasteiger partial charge in [-0.15, -0.1) is 0 Å². The topological polar surface area (TPSA) is 46.3 Å². The van der Waals surface area contributed by atoms with Crippen LogP contribution in [-0.2, 0) is 11.2 Å². The monoisotopic (exact) mass is 220 g/mol. The zero-order valence-electron chi connectivity index (χ0n) is 10.2. The summed E-state index contributed by atoms with van der Waals surface area (Å²) in [4.78, 5) is 13.4. The number of likely N-dealkylation sites (N-methyl/N-ethyl adjacent to an activating group) is 1. The third kappa shape index (κ3) is 2.83. The highest BCUT2D eigenvalue weighted by atomic mass is 16.2. The Morgan fingerprint density at radius 3 is 2.31 bits per heavy atom. The normalized spacial score (nSPS) is 12.2. The van der Waals surface area contributed by atoms with E-state index in [0.29, 0.717) is 6.42 Å². The smallest absolute Gasteiger partial charge is 0.243 e. The van der Waals surface area contributed by atoms with E-state index in [9.17, 15) is 4.79 Å². The SMILES string of the molecule is CCc1ccc(N(C)C(=O)C(N)CC)cc1. The van der Waals surface area contributed by atoms with Crippen LogP contribution in [0.2, 0.25) is 0 Å². The minimum atomic E-state index is -0.407. The molecule has 3 nitrogen and oxygen atoms in total. The maximum Gasteiger partial charge on any atom is 0.243 e. The number of benzene rings is 1. The van der Waals surface area contributed by atoms with Crippen LogP contribution >= 0.6 is 0 Å². The summed E-state index contributed by atoms with van der Waals surface area (Å²) in [5.41, 5.74) is 7.88. The van der Waals surface area contributed by atoms with Crippen molar-refractivity contribution in [1.82, 2.24) is 0 Å². The first kappa shape index (κ1) is 12.7. The Labute approximate surface area is 97.2 Å². The van der Waals surface area contributed by atoms with Crippen molar-refractivity contribution < 1.29 is 4.79 Å². The molecule has 0 saturated heterocycles. The predicted octanol–water partition coefficient (Wildman–Crippen LogP) is 1.95. The Bertz CT molecular complexity index is 345. The van der Waals surface area contributed by atoms with Crippen molar-refractivity contribution in [1.29, 1.82) is 0 Å². The van der Waals surface area contributed by atoms with Crippen molar-refractivity contribution in [3.63, 3.8) is 0 Å². The number of anilines is 1. The molecule has 88 valence electrons. The molecule has 0 spiro atoms. The van der Waals surface area contributed by atoms with Crippen molar-refractivity contribution >= 4 is 11.6 Å². The minimum Gasteiger partial charge on any atom is -0.320 e. The van der Waals surface area contributed by atoms with Gasteiger partial charge >= 0.3 is 0 Å². The van der Waals surface area contributed by atoms with E-state index in [1.807, 2.05) is 31.2 Å². The van der Waals surface area contributed by atoms with E-state index >= 15 is 0 Å². The summed E-state index contributed by atoms with van der Waals surface area (Å²) >= 11 is 0. The van der Waals surface area contributed by atoms with E-state index in [1.165, 1.54) is 5.56 Å². The van der Waals surface area contributed by atoms with E-state index in [-0.39, 0.29) is 5.91 Å². The van der Waals surface area contributed by atoms with Gasteiger partial charge in [-0.05, 0) is 30.5 Å². The molecule has 0 aromatic heterocycles. The Morgan fingerprint density at radius 2 is 1.88 bits per heavy atom. The predicted molar refractivity (Wildman–Crippen MR) is 67.5 cm³/mol. The van der Waals surface area contributed by atoms with E-state index in [2.05, 4.69) is 6.92 Å². The molecule has 0 bridgehead atoms. The molecule has 1 aromatic carbocycles. The van der Waals surface area contributed by atoms with Gasteiger partial charge in [-0.25, -0.2) is 0 Å². The van der Waals surface area contributed by atoms with Crippen LogP contribution in [0.3, 0.4) is 0 Å². The van der Waals surface area contributed by atoms with Gasteiger partial charge in [0.15, 0.2) is 0 Å². The fourth-order valence-corrected chi connectivity index (χ4v) is 1.51. The molecule has 0 radical (unpaired) electrons. The first-order chi connectivity index (χ1) is 7.60. The molecule has 0 aliphatic carbocycles. The summed E-state index contributed by atoms with van der Waals surface area (Å²) in [6.07, 6.45) is 1.67. The van der Waals surface area contributed by atoms with E-state index in [4.69, 9.17) is 5.73 Å². The maximum absolute atomic E-state index is 11.8. The van der Waals surface area contributed by atoms with Crippen LogP contribution in [0.1, 0.15) is 25.8 Å². The van der Waals surface area contributed by atoms with Gasteiger partial charge in [-0.1, -0.05) is 26.0 Å². The van der Waals surface area contributed by atoms with Crippen LogP contribution in [-0.4, -0.2) is 19.0 Å². The minimum absolute atomic E-state index is 0.0354. The van der Waals surface area contributed by atoms with Crippen LogP contribution in [0, 0.1) is 0 Å². The number of nitrogens with two attached hydrogens (primary N) is 1. The number of amides is 1. The zero-order chi connectivity index (χ0) is 12.1. The molecular weight excluding hydrogens is 200 g/mol. The van der Waals surface area contributed by atoms with Gasteiger partial charge in [0, 0.05) is 12.7 Å². The summed E-state index contributed by atoms with van der Waals surface area (Å²) in [6.45, 7) is 4.02. The number of aryl methyl sites for hydroxylation is 1. The van der Waals surface area contributed by atoms with Crippen LogP contribution in [0.15, 0.2) is 24.3 Å². The summed E-state index contributed by atoms with van der Waals surface area (Å²) in [6, 6.07) is 7.58. The molecule has 2 N–H and O–H groups in total. The Morgan fingerprint density at radius 1 is 1.31 bits per heavy atom. The first-order valence-electron chi connectivity index (χ1n) is 5.72. The largest absolute Gasteiger partial charge is 0.320 e. The van der Waals surface area contributed by atoms with Crippen LogP contribution < -0.4 is 10.6 Å². The maximum atomic E-state index is 11.8. The average Bonchev–Trinajstić information content (AvgIpc) is 2.36. The van der Waals surface area contributed by atoms with Crippen molar-refractivity contribution in [2.45, 2.75) is 32.7 Å². The molecule has 0 fully saturated rings. The van der Waals surface area contributed by atoms with Gasteiger partial charge in [0.25, 0.3) is 0 Å². The van der Waals surface area contributed by atoms with Crippen LogP contribution in [0.25, 0.3) is 0 Å². The third-order valence-electron chi connectivity index (χ3n) is 2.82. The number of hydrogen-bond donors (Lipinski definition) is 1. The molecule has 0 saturated carbocycles. The van der Waals surface area contributed by atoms with Crippen molar-refractivity contribution in [3.8, 4) is 0 Å². The lowest BCUT2D eigenvalue weighted by atomic mass is 10.1. The van der Waals surface area contributed by atoms with Gasteiger partial charge in [0.2, 0.25) is 5.91 Å². The first-order valence-corrected chi connectivity index (χ1v) is 5.72. The fraction of sp³-hybridized carbons (Fsp3) is 0.462. The number of carbonyl (C=O) groups is 1. The lowest BCUT2D eigenvalue weighted by Crippen LogP contribution is -2.41. The quantitative estimate of drug-likeness (QED) is 0.843. The van der Waals surface area contributed by atoms with E-state index in [0.717, 1.165) is 12.1 Å². The number of nitrogens with zero attached hydrogens (tertiary/aromatic N) is 1.